The third-order valence-corrected chi connectivity index (χ3v) is 4.87. The molecule has 4 aromatic rings. The van der Waals surface area contributed by atoms with Gasteiger partial charge in [0.15, 0.2) is 11.4 Å². The Kier molecular flexibility index (Phi) is 4.15. The van der Waals surface area contributed by atoms with Crippen molar-refractivity contribution in [3.05, 3.63) is 59.9 Å². The summed E-state index contributed by atoms with van der Waals surface area (Å²) in [6.45, 7) is 2.15. The minimum atomic E-state index is 0.312. The Morgan fingerprint density at radius 1 is 1.12 bits per heavy atom. The van der Waals surface area contributed by atoms with Gasteiger partial charge < -0.3 is 10.2 Å². The summed E-state index contributed by atoms with van der Waals surface area (Å²) < 4.78 is 6.86. The van der Waals surface area contributed by atoms with E-state index >= 15 is 0 Å². The highest BCUT2D eigenvalue weighted by molar-refractivity contribution is 7.98. The first-order valence-corrected chi connectivity index (χ1v) is 8.99. The fraction of sp³-hybridized carbons (Fsp3) is 0.167. The van der Waals surface area contributed by atoms with Crippen molar-refractivity contribution in [3.63, 3.8) is 0 Å². The van der Waals surface area contributed by atoms with Gasteiger partial charge in [-0.15, -0.1) is 16.9 Å². The molecule has 0 saturated carbocycles. The van der Waals surface area contributed by atoms with E-state index in [1.165, 1.54) is 15.6 Å². The molecule has 0 saturated heterocycles. The van der Waals surface area contributed by atoms with E-state index in [-0.39, 0.29) is 0 Å². The number of hydrogen-bond acceptors (Lipinski definition) is 6. The summed E-state index contributed by atoms with van der Waals surface area (Å²) in [6.07, 6.45) is 2.64. The maximum absolute atomic E-state index is 6.04. The van der Waals surface area contributed by atoms with Crippen molar-refractivity contribution in [2.75, 3.05) is 5.73 Å². The van der Waals surface area contributed by atoms with Crippen LogP contribution in [-0.2, 0) is 12.2 Å². The van der Waals surface area contributed by atoms with Gasteiger partial charge in [-0.1, -0.05) is 31.2 Å². The summed E-state index contributed by atoms with van der Waals surface area (Å²) in [4.78, 5) is 8.89. The number of aromatic nitrogens is 4. The summed E-state index contributed by atoms with van der Waals surface area (Å²) >= 11 is 1.63. The van der Waals surface area contributed by atoms with Crippen molar-refractivity contribution in [1.82, 2.24) is 19.6 Å². The monoisotopic (exact) mass is 351 g/mol. The second kappa shape index (κ2) is 6.60. The average Bonchev–Trinajstić information content (AvgIpc) is 3.30. The van der Waals surface area contributed by atoms with E-state index in [1.807, 2.05) is 12.1 Å². The highest BCUT2D eigenvalue weighted by Crippen LogP contribution is 2.25. The molecule has 6 nitrogen and oxygen atoms in total. The molecule has 25 heavy (non-hydrogen) atoms. The summed E-state index contributed by atoms with van der Waals surface area (Å²) in [5.41, 5.74) is 9.28. The zero-order valence-corrected chi connectivity index (χ0v) is 14.5. The Balaban J connectivity index is 1.57. The minimum Gasteiger partial charge on any atom is -0.461 e. The number of furan rings is 1. The third kappa shape index (κ3) is 3.23. The maximum atomic E-state index is 6.04. The molecule has 4 rings (SSSR count). The van der Waals surface area contributed by atoms with E-state index in [9.17, 15) is 0 Å². The molecule has 0 radical (unpaired) electrons. The Morgan fingerprint density at radius 2 is 1.92 bits per heavy atom. The van der Waals surface area contributed by atoms with E-state index in [1.54, 1.807) is 24.1 Å². The summed E-state index contributed by atoms with van der Waals surface area (Å²) in [6, 6.07) is 14.1. The van der Waals surface area contributed by atoms with Crippen LogP contribution in [0.4, 0.5) is 5.95 Å². The predicted octanol–water partition coefficient (Wildman–Crippen LogP) is 3.82. The van der Waals surface area contributed by atoms with Gasteiger partial charge in [0.1, 0.15) is 5.03 Å². The maximum Gasteiger partial charge on any atom is 0.224 e. The number of anilines is 1. The number of nitrogen functional groups attached to an aromatic ring is 1. The molecule has 0 aliphatic carbocycles. The van der Waals surface area contributed by atoms with Crippen LogP contribution in [0.15, 0.2) is 58.2 Å². The van der Waals surface area contributed by atoms with Gasteiger partial charge in [-0.2, -0.15) is 4.52 Å². The number of rotatable bonds is 5. The molecular formula is C18H17N5OS. The molecule has 7 heteroatoms. The Morgan fingerprint density at radius 3 is 2.64 bits per heavy atom. The Labute approximate surface area is 149 Å². The lowest BCUT2D eigenvalue weighted by molar-refractivity contribution is 0.577. The van der Waals surface area contributed by atoms with Crippen molar-refractivity contribution < 1.29 is 4.42 Å². The lowest BCUT2D eigenvalue weighted by Gasteiger charge is -2.04. The van der Waals surface area contributed by atoms with Gasteiger partial charge in [-0.05, 0) is 29.7 Å². The van der Waals surface area contributed by atoms with E-state index < -0.39 is 0 Å². The largest absolute Gasteiger partial charge is 0.461 e. The van der Waals surface area contributed by atoms with Crippen molar-refractivity contribution in [2.24, 2.45) is 0 Å². The predicted molar refractivity (Wildman–Crippen MR) is 98.3 cm³/mol. The molecule has 0 unspecified atom stereocenters. The highest BCUT2D eigenvalue weighted by atomic mass is 32.2. The summed E-state index contributed by atoms with van der Waals surface area (Å²) in [7, 11) is 0. The Bertz CT molecular complexity index is 992. The molecule has 0 aliphatic heterocycles. The molecular weight excluding hydrogens is 334 g/mol. The van der Waals surface area contributed by atoms with Gasteiger partial charge in [0, 0.05) is 11.8 Å². The van der Waals surface area contributed by atoms with Gasteiger partial charge in [0.25, 0.3) is 0 Å². The van der Waals surface area contributed by atoms with E-state index in [0.29, 0.717) is 23.2 Å². The zero-order valence-electron chi connectivity index (χ0n) is 13.7. The standard InChI is InChI=1S/C18H17N5OS/c1-2-12-5-7-13(8-6-12)11-25-16-10-15-20-17(14-4-3-9-24-14)22-23(15)18(19)21-16/h3-10H,2,11H2,1H3,(H2,19,21). The number of thioether (sulfide) groups is 1. The van der Waals surface area contributed by atoms with Crippen LogP contribution >= 0.6 is 11.8 Å². The number of nitrogens with two attached hydrogens (primary N) is 1. The molecule has 0 amide bonds. The normalized spacial score (nSPS) is 11.2. The molecule has 2 N–H and O–H groups in total. The van der Waals surface area contributed by atoms with Gasteiger partial charge >= 0.3 is 0 Å². The summed E-state index contributed by atoms with van der Waals surface area (Å²) in [5.74, 6) is 2.24. The van der Waals surface area contributed by atoms with Gasteiger partial charge in [-0.25, -0.2) is 9.97 Å². The molecule has 0 spiro atoms. The molecule has 1 aromatic carbocycles. The van der Waals surface area contributed by atoms with E-state index in [2.05, 4.69) is 46.3 Å². The molecule has 3 heterocycles. The first kappa shape index (κ1) is 15.7. The quantitative estimate of drug-likeness (QED) is 0.435. The smallest absolute Gasteiger partial charge is 0.224 e. The average molecular weight is 351 g/mol. The Hall–Kier alpha value is -2.80. The molecule has 3 aromatic heterocycles. The fourth-order valence-electron chi connectivity index (χ4n) is 2.50. The van der Waals surface area contributed by atoms with Crippen LogP contribution in [0.1, 0.15) is 18.1 Å². The lowest BCUT2D eigenvalue weighted by Crippen LogP contribution is -2.02. The van der Waals surface area contributed by atoms with Crippen molar-refractivity contribution >= 4 is 23.4 Å². The molecule has 0 fully saturated rings. The molecule has 126 valence electrons. The third-order valence-electron chi connectivity index (χ3n) is 3.89. The van der Waals surface area contributed by atoms with Crippen LogP contribution in [0.2, 0.25) is 0 Å². The van der Waals surface area contributed by atoms with Crippen LogP contribution in [0.25, 0.3) is 17.2 Å². The van der Waals surface area contributed by atoms with E-state index in [0.717, 1.165) is 17.2 Å². The van der Waals surface area contributed by atoms with Crippen LogP contribution < -0.4 is 5.73 Å². The fourth-order valence-corrected chi connectivity index (χ4v) is 3.36. The van der Waals surface area contributed by atoms with Crippen molar-refractivity contribution in [3.8, 4) is 11.6 Å². The minimum absolute atomic E-state index is 0.312. The first-order chi connectivity index (χ1) is 12.2. The van der Waals surface area contributed by atoms with Gasteiger partial charge in [0.2, 0.25) is 11.8 Å². The number of aryl methyl sites for hydroxylation is 1. The number of fused-ring (bicyclic) bond motifs is 1. The van der Waals surface area contributed by atoms with Crippen LogP contribution in [0, 0.1) is 0 Å². The first-order valence-electron chi connectivity index (χ1n) is 8.00. The topological polar surface area (TPSA) is 82.2 Å². The van der Waals surface area contributed by atoms with Gasteiger partial charge in [0.05, 0.1) is 6.26 Å². The molecule has 0 atom stereocenters. The van der Waals surface area contributed by atoms with Gasteiger partial charge in [-0.3, -0.25) is 0 Å². The number of benzene rings is 1. The second-order valence-corrected chi connectivity index (χ2v) is 6.59. The number of nitrogens with zero attached hydrogens (tertiary/aromatic N) is 4. The number of hydrogen-bond donors (Lipinski definition) is 1. The highest BCUT2D eigenvalue weighted by Gasteiger charge is 2.12. The lowest BCUT2D eigenvalue weighted by atomic mass is 10.1. The zero-order chi connectivity index (χ0) is 17.2. The van der Waals surface area contributed by atoms with Crippen LogP contribution in [0.5, 0.6) is 0 Å². The SMILES string of the molecule is CCc1ccc(CSc2cc3nc(-c4ccco4)nn3c(N)n2)cc1. The van der Waals surface area contributed by atoms with Crippen molar-refractivity contribution in [2.45, 2.75) is 24.1 Å². The van der Waals surface area contributed by atoms with Crippen molar-refractivity contribution in [1.29, 1.82) is 0 Å². The van der Waals surface area contributed by atoms with E-state index in [4.69, 9.17) is 10.2 Å². The van der Waals surface area contributed by atoms with Crippen LogP contribution in [-0.4, -0.2) is 19.6 Å². The second-order valence-electron chi connectivity index (χ2n) is 5.59. The molecule has 0 bridgehead atoms. The van der Waals surface area contributed by atoms with Crippen LogP contribution in [0.3, 0.4) is 0 Å². The summed E-state index contributed by atoms with van der Waals surface area (Å²) in [5, 5.41) is 5.17. The molecule has 0 aliphatic rings.